The fourth-order valence-corrected chi connectivity index (χ4v) is 3.58. The number of hydrazone groups is 1. The average Bonchev–Trinajstić information content (AvgIpc) is 3.24. The summed E-state index contributed by atoms with van der Waals surface area (Å²) < 4.78 is 25.0. The number of nitrogens with zero attached hydrogens (tertiary/aromatic N) is 5. The molecular weight excluding hydrogens is 459 g/mol. The lowest BCUT2D eigenvalue weighted by Crippen LogP contribution is -2.57. The van der Waals surface area contributed by atoms with Crippen LogP contribution in [0, 0.1) is 5.92 Å². The van der Waals surface area contributed by atoms with E-state index < -0.39 is 46.9 Å². The topological polar surface area (TPSA) is 149 Å². The number of nitrogens with one attached hydrogen (secondary N) is 1. The lowest BCUT2D eigenvalue weighted by Gasteiger charge is -2.41. The van der Waals surface area contributed by atoms with E-state index in [0.29, 0.717) is 0 Å². The highest BCUT2D eigenvalue weighted by Gasteiger charge is 2.89. The Labute approximate surface area is 195 Å². The first-order valence-electron chi connectivity index (χ1n) is 9.92. The molecule has 1 saturated carbocycles. The number of halogens is 2. The van der Waals surface area contributed by atoms with Crippen LogP contribution in [0.4, 0.5) is 4.39 Å². The fourth-order valence-electron chi connectivity index (χ4n) is 3.39. The third kappa shape index (κ3) is 4.54. The number of ether oxygens (including phenoxy) is 2. The van der Waals surface area contributed by atoms with Gasteiger partial charge in [-0.1, -0.05) is 36.6 Å². The molecule has 1 aromatic rings. The van der Waals surface area contributed by atoms with Crippen molar-refractivity contribution in [3.63, 3.8) is 0 Å². The SMILES string of the molecule is CN/C(F)=N\N(C)C(C)(C)C1(OC(=O)C(C)C)[C@@H](OC(=O)c2cccc(Cl)c2)[C@]1(O)N=[N+]=[N-]. The van der Waals surface area contributed by atoms with E-state index in [9.17, 15) is 19.1 Å². The van der Waals surface area contributed by atoms with Gasteiger partial charge < -0.3 is 19.9 Å². The quantitative estimate of drug-likeness (QED) is 0.0841. The number of hydrogen-bond donors (Lipinski definition) is 2. The summed E-state index contributed by atoms with van der Waals surface area (Å²) in [6.45, 7) is 6.01. The minimum Gasteiger partial charge on any atom is -0.451 e. The van der Waals surface area contributed by atoms with Crippen LogP contribution in [-0.2, 0) is 14.3 Å². The van der Waals surface area contributed by atoms with E-state index in [0.717, 1.165) is 5.01 Å². The number of hydrogen-bond acceptors (Lipinski definition) is 8. The van der Waals surface area contributed by atoms with Gasteiger partial charge in [-0.05, 0) is 37.6 Å². The normalized spacial score (nSPS) is 24.5. The molecule has 2 N–H and O–H groups in total. The van der Waals surface area contributed by atoms with Gasteiger partial charge in [-0.25, -0.2) is 4.79 Å². The molecule has 11 nitrogen and oxygen atoms in total. The van der Waals surface area contributed by atoms with Crippen LogP contribution in [0.25, 0.3) is 10.4 Å². The van der Waals surface area contributed by atoms with Crippen molar-refractivity contribution in [1.29, 1.82) is 0 Å². The van der Waals surface area contributed by atoms with Crippen LogP contribution in [0.2, 0.25) is 5.02 Å². The summed E-state index contributed by atoms with van der Waals surface area (Å²) >= 11 is 5.93. The predicted octanol–water partition coefficient (Wildman–Crippen LogP) is 2.99. The second-order valence-electron chi connectivity index (χ2n) is 8.25. The number of rotatable bonds is 8. The van der Waals surface area contributed by atoms with Crippen molar-refractivity contribution in [3.8, 4) is 0 Å². The van der Waals surface area contributed by atoms with Crippen LogP contribution < -0.4 is 5.32 Å². The van der Waals surface area contributed by atoms with E-state index in [-0.39, 0.29) is 10.6 Å². The zero-order valence-electron chi connectivity index (χ0n) is 19.0. The molecule has 180 valence electrons. The number of amidine groups is 1. The molecule has 1 fully saturated rings. The highest BCUT2D eigenvalue weighted by Crippen LogP contribution is 2.62. The summed E-state index contributed by atoms with van der Waals surface area (Å²) in [5.74, 6) is -2.34. The molecule has 1 aromatic carbocycles. The maximum Gasteiger partial charge on any atom is 0.338 e. The van der Waals surface area contributed by atoms with Crippen molar-refractivity contribution in [2.45, 2.75) is 50.7 Å². The van der Waals surface area contributed by atoms with Crippen LogP contribution in [0.3, 0.4) is 0 Å². The van der Waals surface area contributed by atoms with Crippen molar-refractivity contribution in [1.82, 2.24) is 10.3 Å². The number of carbonyl (C=O) groups excluding carboxylic acids is 2. The van der Waals surface area contributed by atoms with Gasteiger partial charge in [-0.2, -0.15) is 4.39 Å². The van der Waals surface area contributed by atoms with Gasteiger partial charge in [0.25, 0.3) is 6.09 Å². The number of likely N-dealkylation sites (N-methyl/N-ethyl adjacent to an activating group) is 1. The molecule has 0 spiro atoms. The van der Waals surface area contributed by atoms with Gasteiger partial charge in [0.05, 0.1) is 17.0 Å². The number of aliphatic hydroxyl groups is 1. The summed E-state index contributed by atoms with van der Waals surface area (Å²) in [5, 5.41) is 21.9. The first-order valence-corrected chi connectivity index (χ1v) is 10.3. The number of esters is 2. The summed E-state index contributed by atoms with van der Waals surface area (Å²) in [6.07, 6.45) is -2.61. The minimum atomic E-state index is -2.51. The molecule has 3 atom stereocenters. The monoisotopic (exact) mass is 484 g/mol. The van der Waals surface area contributed by atoms with E-state index in [2.05, 4.69) is 20.4 Å². The molecule has 0 bridgehead atoms. The van der Waals surface area contributed by atoms with Crippen LogP contribution in [0.15, 0.2) is 34.5 Å². The van der Waals surface area contributed by atoms with Crippen molar-refractivity contribution in [2.75, 3.05) is 14.1 Å². The van der Waals surface area contributed by atoms with Gasteiger partial charge in [-0.15, -0.1) is 5.10 Å². The van der Waals surface area contributed by atoms with Crippen LogP contribution in [-0.4, -0.2) is 65.2 Å². The Morgan fingerprint density at radius 1 is 1.42 bits per heavy atom. The van der Waals surface area contributed by atoms with Crippen LogP contribution in [0.1, 0.15) is 38.1 Å². The highest BCUT2D eigenvalue weighted by molar-refractivity contribution is 6.30. The van der Waals surface area contributed by atoms with Gasteiger partial charge in [0.15, 0.2) is 6.10 Å². The number of azide groups is 1. The van der Waals surface area contributed by atoms with Crippen molar-refractivity contribution in [2.24, 2.45) is 16.1 Å². The predicted molar refractivity (Wildman–Crippen MR) is 118 cm³/mol. The van der Waals surface area contributed by atoms with Crippen LogP contribution in [0.5, 0.6) is 0 Å². The Morgan fingerprint density at radius 3 is 2.58 bits per heavy atom. The fraction of sp³-hybridized carbons (Fsp3) is 0.550. The standard InChI is InChI=1S/C20H26ClFN6O5/c1-11(2)14(29)33-19(18(3,4)28(6)25-17(22)24-5)16(20(19,31)26-27-23)32-15(30)12-8-7-9-13(21)10-12/h7-11,16,31H,1-6H3,(H,24,25)/t16-,19?,20-/m1/s1. The molecule has 33 heavy (non-hydrogen) atoms. The molecule has 0 radical (unpaired) electrons. The summed E-state index contributed by atoms with van der Waals surface area (Å²) in [7, 11) is 2.66. The van der Waals surface area contributed by atoms with E-state index >= 15 is 0 Å². The zero-order chi connectivity index (χ0) is 25.2. The number of carbonyl (C=O) groups is 2. The molecule has 1 aliphatic rings. The van der Waals surface area contributed by atoms with Gasteiger partial charge in [0.1, 0.15) is 0 Å². The molecule has 0 heterocycles. The third-order valence-corrected chi connectivity index (χ3v) is 5.81. The Kier molecular flexibility index (Phi) is 7.47. The lowest BCUT2D eigenvalue weighted by atomic mass is 9.92. The lowest BCUT2D eigenvalue weighted by molar-refractivity contribution is -0.175. The van der Waals surface area contributed by atoms with E-state index in [4.69, 9.17) is 26.6 Å². The molecule has 1 unspecified atom stereocenters. The van der Waals surface area contributed by atoms with E-state index in [1.54, 1.807) is 19.9 Å². The Hall–Kier alpha value is -3.08. The Morgan fingerprint density at radius 2 is 2.06 bits per heavy atom. The molecule has 0 saturated heterocycles. The molecule has 13 heteroatoms. The zero-order valence-corrected chi connectivity index (χ0v) is 19.8. The highest BCUT2D eigenvalue weighted by atomic mass is 35.5. The molecular formula is C20H26ClFN6O5. The third-order valence-electron chi connectivity index (χ3n) is 5.58. The van der Waals surface area contributed by atoms with E-state index in [1.807, 2.05) is 0 Å². The second-order valence-corrected chi connectivity index (χ2v) is 8.68. The van der Waals surface area contributed by atoms with Crippen molar-refractivity contribution in [3.05, 3.63) is 45.3 Å². The van der Waals surface area contributed by atoms with Gasteiger partial charge in [0.2, 0.25) is 11.3 Å². The number of benzene rings is 1. The smallest absolute Gasteiger partial charge is 0.338 e. The van der Waals surface area contributed by atoms with Crippen molar-refractivity contribution >= 4 is 29.6 Å². The van der Waals surface area contributed by atoms with Crippen LogP contribution >= 0.6 is 11.6 Å². The van der Waals surface area contributed by atoms with E-state index in [1.165, 1.54) is 46.1 Å². The van der Waals surface area contributed by atoms with Crippen molar-refractivity contribution < 1.29 is 28.6 Å². The first-order chi connectivity index (χ1) is 15.3. The summed E-state index contributed by atoms with van der Waals surface area (Å²) in [6, 6.07) is 5.83. The Balaban J connectivity index is 2.61. The largest absolute Gasteiger partial charge is 0.451 e. The molecule has 0 aliphatic heterocycles. The maximum absolute atomic E-state index is 13.9. The second kappa shape index (κ2) is 9.42. The summed E-state index contributed by atoms with van der Waals surface area (Å²) in [4.78, 5) is 28.0. The first kappa shape index (κ1) is 26.2. The Bertz CT molecular complexity index is 1010. The van der Waals surface area contributed by atoms with Gasteiger partial charge >= 0.3 is 11.9 Å². The molecule has 2 rings (SSSR count). The maximum atomic E-state index is 13.9. The molecule has 0 aromatic heterocycles. The van der Waals surface area contributed by atoms with Gasteiger partial charge in [-0.3, -0.25) is 9.80 Å². The van der Waals surface area contributed by atoms with Gasteiger partial charge in [0, 0.05) is 24.0 Å². The summed E-state index contributed by atoms with van der Waals surface area (Å²) in [5.41, 5.74) is 2.96. The minimum absolute atomic E-state index is 0.0483. The molecule has 0 amide bonds. The molecule has 1 aliphatic carbocycles. The average molecular weight is 485 g/mol.